The van der Waals surface area contributed by atoms with Crippen molar-refractivity contribution >= 4 is 17.4 Å². The lowest BCUT2D eigenvalue weighted by molar-refractivity contribution is -0.114. The maximum Gasteiger partial charge on any atom is 0.300 e. The highest BCUT2D eigenvalue weighted by Gasteiger charge is 2.37. The number of nitrogens with zero attached hydrogens (tertiary/aromatic N) is 2. The molecule has 2 aromatic rings. The molecule has 4 nitrogen and oxygen atoms in total. The molecular weight excluding hydrogens is 300 g/mol. The van der Waals surface area contributed by atoms with Crippen LogP contribution >= 0.6 is 0 Å². The van der Waals surface area contributed by atoms with E-state index in [0.717, 1.165) is 24.9 Å². The molecule has 1 aliphatic carbocycles. The number of para-hydroxylation sites is 1. The van der Waals surface area contributed by atoms with E-state index in [0.29, 0.717) is 12.2 Å². The second-order valence-electron chi connectivity index (χ2n) is 6.58. The molecule has 4 rings (SSSR count). The Balaban J connectivity index is 1.61. The topological polar surface area (TPSA) is 40.6 Å². The number of anilines is 1. The Hall–Kier alpha value is -2.46. The van der Waals surface area contributed by atoms with Crippen LogP contribution < -0.4 is 4.90 Å². The highest BCUT2D eigenvalue weighted by molar-refractivity contribution is 6.52. The lowest BCUT2D eigenvalue weighted by atomic mass is 9.87. The fourth-order valence-corrected chi connectivity index (χ4v) is 3.90. The standard InChI is InChI=1S/C20H20N2O2/c1-21(17-12-6-8-14-7-2-3-9-15(14)17)13-22-18-11-5-4-10-16(18)19(23)20(22)24/h2-5,7,9-11,17H,6,8,12-13H2,1H3/t17-/m0/s1. The molecule has 0 N–H and O–H groups in total. The number of carbonyl (C=O) groups excluding carboxylic acids is 2. The van der Waals surface area contributed by atoms with Gasteiger partial charge < -0.3 is 0 Å². The van der Waals surface area contributed by atoms with Gasteiger partial charge in [0.2, 0.25) is 0 Å². The lowest BCUT2D eigenvalue weighted by Crippen LogP contribution is -2.41. The summed E-state index contributed by atoms with van der Waals surface area (Å²) >= 11 is 0. The lowest BCUT2D eigenvalue weighted by Gasteiger charge is -2.35. The summed E-state index contributed by atoms with van der Waals surface area (Å²) in [5, 5.41) is 0. The minimum Gasteiger partial charge on any atom is -0.291 e. The second-order valence-corrected chi connectivity index (χ2v) is 6.58. The molecule has 0 spiro atoms. The molecule has 4 heteroatoms. The third-order valence-electron chi connectivity index (χ3n) is 5.11. The van der Waals surface area contributed by atoms with Gasteiger partial charge in [0.15, 0.2) is 0 Å². The highest BCUT2D eigenvalue weighted by atomic mass is 16.2. The van der Waals surface area contributed by atoms with Crippen LogP contribution in [0.5, 0.6) is 0 Å². The molecule has 2 aromatic carbocycles. The molecule has 1 atom stereocenters. The number of benzene rings is 2. The van der Waals surface area contributed by atoms with Crippen molar-refractivity contribution < 1.29 is 9.59 Å². The van der Waals surface area contributed by atoms with Crippen LogP contribution in [-0.2, 0) is 11.2 Å². The number of ketones is 1. The molecule has 0 saturated carbocycles. The summed E-state index contributed by atoms with van der Waals surface area (Å²) in [5.74, 6) is -0.824. The summed E-state index contributed by atoms with van der Waals surface area (Å²) in [4.78, 5) is 28.3. The van der Waals surface area contributed by atoms with Crippen LogP contribution in [0.2, 0.25) is 0 Å². The molecule has 0 bridgehead atoms. The van der Waals surface area contributed by atoms with E-state index in [-0.39, 0.29) is 6.04 Å². The number of hydrogen-bond donors (Lipinski definition) is 0. The van der Waals surface area contributed by atoms with Gasteiger partial charge in [-0.2, -0.15) is 0 Å². The van der Waals surface area contributed by atoms with E-state index in [4.69, 9.17) is 0 Å². The molecule has 0 radical (unpaired) electrons. The van der Waals surface area contributed by atoms with E-state index in [9.17, 15) is 9.59 Å². The summed E-state index contributed by atoms with van der Waals surface area (Å²) in [6.07, 6.45) is 3.34. The van der Waals surface area contributed by atoms with Gasteiger partial charge in [0, 0.05) is 6.04 Å². The summed E-state index contributed by atoms with van der Waals surface area (Å²) in [7, 11) is 2.03. The van der Waals surface area contributed by atoms with Gasteiger partial charge in [0.05, 0.1) is 17.9 Å². The maximum absolute atomic E-state index is 12.4. The van der Waals surface area contributed by atoms with Crippen molar-refractivity contribution in [2.45, 2.75) is 25.3 Å². The van der Waals surface area contributed by atoms with Crippen molar-refractivity contribution in [1.29, 1.82) is 0 Å². The summed E-state index contributed by atoms with van der Waals surface area (Å²) in [5.41, 5.74) is 3.98. The van der Waals surface area contributed by atoms with Crippen LogP contribution in [0.15, 0.2) is 48.5 Å². The average Bonchev–Trinajstić information content (AvgIpc) is 2.86. The number of fused-ring (bicyclic) bond motifs is 2. The number of aryl methyl sites for hydroxylation is 1. The minimum absolute atomic E-state index is 0.283. The molecule has 122 valence electrons. The first kappa shape index (κ1) is 15.1. The average molecular weight is 320 g/mol. The number of hydrogen-bond acceptors (Lipinski definition) is 3. The minimum atomic E-state index is -0.424. The number of carbonyl (C=O) groups is 2. The van der Waals surface area contributed by atoms with Crippen molar-refractivity contribution in [2.75, 3.05) is 18.6 Å². The normalized spacial score (nSPS) is 19.6. The van der Waals surface area contributed by atoms with Crippen LogP contribution in [0, 0.1) is 0 Å². The Morgan fingerprint density at radius 1 is 1.08 bits per heavy atom. The van der Waals surface area contributed by atoms with Gasteiger partial charge >= 0.3 is 5.91 Å². The van der Waals surface area contributed by atoms with Crippen molar-refractivity contribution in [3.8, 4) is 0 Å². The fourth-order valence-electron chi connectivity index (χ4n) is 3.90. The van der Waals surface area contributed by atoms with Gasteiger partial charge in [-0.15, -0.1) is 0 Å². The fraction of sp³-hybridized carbons (Fsp3) is 0.300. The predicted octanol–water partition coefficient (Wildman–Crippen LogP) is 3.18. The van der Waals surface area contributed by atoms with E-state index in [1.807, 2.05) is 19.2 Å². The predicted molar refractivity (Wildman–Crippen MR) is 93.0 cm³/mol. The third kappa shape index (κ3) is 2.34. The first-order valence-corrected chi connectivity index (χ1v) is 8.40. The van der Waals surface area contributed by atoms with Crippen molar-refractivity contribution in [1.82, 2.24) is 4.90 Å². The zero-order valence-corrected chi connectivity index (χ0v) is 13.7. The highest BCUT2D eigenvalue weighted by Crippen LogP contribution is 2.35. The molecule has 0 aromatic heterocycles. The molecule has 1 amide bonds. The van der Waals surface area contributed by atoms with Crippen molar-refractivity contribution in [3.05, 3.63) is 65.2 Å². The molecular formula is C20H20N2O2. The molecule has 0 unspecified atom stereocenters. The van der Waals surface area contributed by atoms with Crippen LogP contribution in [0.4, 0.5) is 5.69 Å². The number of rotatable bonds is 3. The van der Waals surface area contributed by atoms with Gasteiger partial charge in [-0.05, 0) is 49.6 Å². The smallest absolute Gasteiger partial charge is 0.291 e. The monoisotopic (exact) mass is 320 g/mol. The summed E-state index contributed by atoms with van der Waals surface area (Å²) in [6, 6.07) is 16.1. The Bertz CT molecular complexity index is 815. The van der Waals surface area contributed by atoms with Gasteiger partial charge in [-0.1, -0.05) is 36.4 Å². The molecule has 0 saturated heterocycles. The van der Waals surface area contributed by atoms with Crippen LogP contribution in [-0.4, -0.2) is 30.3 Å². The van der Waals surface area contributed by atoms with Gasteiger partial charge in [-0.25, -0.2) is 0 Å². The Morgan fingerprint density at radius 3 is 2.71 bits per heavy atom. The zero-order chi connectivity index (χ0) is 16.7. The number of Topliss-reactive ketones (excluding diaryl/α,β-unsaturated/α-hetero) is 1. The molecule has 2 aliphatic rings. The van der Waals surface area contributed by atoms with E-state index < -0.39 is 11.7 Å². The number of amides is 1. The van der Waals surface area contributed by atoms with Crippen LogP contribution in [0.25, 0.3) is 0 Å². The van der Waals surface area contributed by atoms with Gasteiger partial charge in [0.1, 0.15) is 0 Å². The van der Waals surface area contributed by atoms with Crippen molar-refractivity contribution in [3.63, 3.8) is 0 Å². The van der Waals surface area contributed by atoms with Gasteiger partial charge in [0.25, 0.3) is 5.78 Å². The second kappa shape index (κ2) is 5.87. The van der Waals surface area contributed by atoms with Crippen LogP contribution in [0.3, 0.4) is 0 Å². The molecule has 0 fully saturated rings. The Kier molecular flexibility index (Phi) is 3.69. The summed E-state index contributed by atoms with van der Waals surface area (Å²) in [6.45, 7) is 0.431. The largest absolute Gasteiger partial charge is 0.300 e. The third-order valence-corrected chi connectivity index (χ3v) is 5.11. The first-order chi connectivity index (χ1) is 11.7. The zero-order valence-electron chi connectivity index (χ0n) is 13.7. The first-order valence-electron chi connectivity index (χ1n) is 8.40. The van der Waals surface area contributed by atoms with E-state index in [1.165, 1.54) is 11.1 Å². The quantitative estimate of drug-likeness (QED) is 0.816. The molecule has 1 aliphatic heterocycles. The van der Waals surface area contributed by atoms with Gasteiger partial charge in [-0.3, -0.25) is 19.4 Å². The van der Waals surface area contributed by atoms with Crippen molar-refractivity contribution in [2.24, 2.45) is 0 Å². The van der Waals surface area contributed by atoms with Crippen LogP contribution in [0.1, 0.15) is 40.4 Å². The Labute approximate surface area is 141 Å². The molecule has 1 heterocycles. The van der Waals surface area contributed by atoms with E-state index in [1.54, 1.807) is 17.0 Å². The van der Waals surface area contributed by atoms with E-state index >= 15 is 0 Å². The molecule has 24 heavy (non-hydrogen) atoms. The van der Waals surface area contributed by atoms with E-state index in [2.05, 4.69) is 29.2 Å². The maximum atomic E-state index is 12.4. The Morgan fingerprint density at radius 2 is 1.83 bits per heavy atom. The SMILES string of the molecule is CN(CN1C(=O)C(=O)c2ccccc21)[C@H]1CCCc2ccccc21. The summed E-state index contributed by atoms with van der Waals surface area (Å²) < 4.78 is 0.